The van der Waals surface area contributed by atoms with Crippen LogP contribution in [0.3, 0.4) is 0 Å². The third-order valence-electron chi connectivity index (χ3n) is 4.14. The van der Waals surface area contributed by atoms with Crippen LogP contribution in [0.4, 0.5) is 0 Å². The molecule has 116 valence electrons. The number of ether oxygens (including phenoxy) is 1. The molecule has 1 fully saturated rings. The maximum Gasteiger partial charge on any atom is 0.263 e. The summed E-state index contributed by atoms with van der Waals surface area (Å²) in [6.07, 6.45) is 1.93. The average molecular weight is 292 g/mol. The van der Waals surface area contributed by atoms with Crippen LogP contribution < -0.4 is 10.9 Å². The molecule has 1 aromatic rings. The van der Waals surface area contributed by atoms with Crippen LogP contribution in [0, 0.1) is 19.8 Å². The maximum atomic E-state index is 12.4. The average Bonchev–Trinajstić information content (AvgIpc) is 2.46. The minimum absolute atomic E-state index is 0.195. The summed E-state index contributed by atoms with van der Waals surface area (Å²) in [7, 11) is 0. The number of carbonyl (C=O) groups excluding carboxylic acids is 1. The molecule has 0 radical (unpaired) electrons. The second kappa shape index (κ2) is 6.89. The second-order valence-corrected chi connectivity index (χ2v) is 5.66. The number of pyridine rings is 1. The second-order valence-electron chi connectivity index (χ2n) is 5.66. The van der Waals surface area contributed by atoms with Crippen LogP contribution >= 0.6 is 0 Å². The van der Waals surface area contributed by atoms with Gasteiger partial charge in [0, 0.05) is 32.0 Å². The highest BCUT2D eigenvalue weighted by atomic mass is 16.5. The fraction of sp³-hybridized carbons (Fsp3) is 0.625. The van der Waals surface area contributed by atoms with Crippen molar-refractivity contribution >= 4 is 5.91 Å². The lowest BCUT2D eigenvalue weighted by Gasteiger charge is -2.22. The molecule has 21 heavy (non-hydrogen) atoms. The van der Waals surface area contributed by atoms with Gasteiger partial charge in [-0.1, -0.05) is 0 Å². The molecule has 0 spiro atoms. The number of hydrogen-bond acceptors (Lipinski definition) is 3. The van der Waals surface area contributed by atoms with Crippen LogP contribution in [0.1, 0.15) is 41.4 Å². The number of hydrogen-bond donors (Lipinski definition) is 1. The van der Waals surface area contributed by atoms with Crippen molar-refractivity contribution in [2.45, 2.75) is 40.2 Å². The van der Waals surface area contributed by atoms with E-state index in [2.05, 4.69) is 5.32 Å². The zero-order valence-electron chi connectivity index (χ0n) is 13.1. The van der Waals surface area contributed by atoms with E-state index in [1.165, 1.54) is 0 Å². The lowest BCUT2D eigenvalue weighted by molar-refractivity contribution is 0.0642. The Bertz CT molecular complexity index is 572. The van der Waals surface area contributed by atoms with E-state index >= 15 is 0 Å². The number of nitrogens with zero attached hydrogens (tertiary/aromatic N) is 1. The van der Waals surface area contributed by atoms with E-state index in [0.717, 1.165) is 37.3 Å². The summed E-state index contributed by atoms with van der Waals surface area (Å²) in [5, 5.41) is 2.91. The van der Waals surface area contributed by atoms with Gasteiger partial charge in [0.2, 0.25) is 0 Å². The highest BCUT2D eigenvalue weighted by Gasteiger charge is 2.19. The van der Waals surface area contributed by atoms with E-state index in [0.29, 0.717) is 19.0 Å². The Balaban J connectivity index is 2.13. The molecule has 2 rings (SSSR count). The molecular formula is C16H24N2O3. The summed E-state index contributed by atoms with van der Waals surface area (Å²) in [5.41, 5.74) is 1.71. The highest BCUT2D eigenvalue weighted by Crippen LogP contribution is 2.13. The Labute approximate surface area is 125 Å². The Kier molecular flexibility index (Phi) is 5.17. The van der Waals surface area contributed by atoms with Crippen LogP contribution in [0.15, 0.2) is 10.9 Å². The Morgan fingerprint density at radius 2 is 2.05 bits per heavy atom. The standard InChI is InChI=1S/C16H24N2O3/c1-4-18-12(3)9-11(2)14(16(18)20)15(19)17-10-13-5-7-21-8-6-13/h9,13H,4-8,10H2,1-3H3,(H,17,19). The fourth-order valence-electron chi connectivity index (χ4n) is 2.87. The molecule has 0 bridgehead atoms. The van der Waals surface area contributed by atoms with Gasteiger partial charge in [0.1, 0.15) is 5.56 Å². The lowest BCUT2D eigenvalue weighted by Crippen LogP contribution is -2.37. The van der Waals surface area contributed by atoms with Gasteiger partial charge < -0.3 is 14.6 Å². The number of amides is 1. The fourth-order valence-corrected chi connectivity index (χ4v) is 2.87. The van der Waals surface area contributed by atoms with E-state index in [9.17, 15) is 9.59 Å². The first-order valence-electron chi connectivity index (χ1n) is 7.61. The predicted molar refractivity (Wildman–Crippen MR) is 81.7 cm³/mol. The summed E-state index contributed by atoms with van der Waals surface area (Å²) >= 11 is 0. The van der Waals surface area contributed by atoms with Gasteiger partial charge in [0.15, 0.2) is 0 Å². The number of carbonyl (C=O) groups is 1. The number of aryl methyl sites for hydroxylation is 2. The summed E-state index contributed by atoms with van der Waals surface area (Å²) in [6.45, 7) is 8.32. The normalized spacial score (nSPS) is 16.0. The van der Waals surface area contributed by atoms with Crippen molar-refractivity contribution < 1.29 is 9.53 Å². The molecule has 1 aliphatic heterocycles. The van der Waals surface area contributed by atoms with Gasteiger partial charge in [-0.25, -0.2) is 0 Å². The molecule has 0 atom stereocenters. The van der Waals surface area contributed by atoms with Crippen molar-refractivity contribution in [3.8, 4) is 0 Å². The molecule has 1 amide bonds. The first-order valence-corrected chi connectivity index (χ1v) is 7.61. The van der Waals surface area contributed by atoms with E-state index in [1.54, 1.807) is 4.57 Å². The van der Waals surface area contributed by atoms with Gasteiger partial charge >= 0.3 is 0 Å². The molecule has 1 saturated heterocycles. The van der Waals surface area contributed by atoms with Gasteiger partial charge in [-0.3, -0.25) is 9.59 Å². The van der Waals surface area contributed by atoms with Crippen molar-refractivity contribution in [3.05, 3.63) is 33.2 Å². The van der Waals surface area contributed by atoms with Crippen molar-refractivity contribution in [2.24, 2.45) is 5.92 Å². The quantitative estimate of drug-likeness (QED) is 0.918. The van der Waals surface area contributed by atoms with Crippen LogP contribution in [-0.4, -0.2) is 30.2 Å². The van der Waals surface area contributed by atoms with E-state index in [-0.39, 0.29) is 17.0 Å². The van der Waals surface area contributed by atoms with Crippen molar-refractivity contribution in [1.29, 1.82) is 0 Å². The van der Waals surface area contributed by atoms with E-state index in [1.807, 2.05) is 26.8 Å². The first-order chi connectivity index (χ1) is 10.0. The minimum atomic E-state index is -0.258. The van der Waals surface area contributed by atoms with Gasteiger partial charge in [0.05, 0.1) is 0 Å². The predicted octanol–water partition coefficient (Wildman–Crippen LogP) is 1.64. The van der Waals surface area contributed by atoms with Gasteiger partial charge in [-0.2, -0.15) is 0 Å². The Hall–Kier alpha value is -1.62. The smallest absolute Gasteiger partial charge is 0.263 e. The van der Waals surface area contributed by atoms with Gasteiger partial charge in [0.25, 0.3) is 11.5 Å². The van der Waals surface area contributed by atoms with E-state index < -0.39 is 0 Å². The number of rotatable bonds is 4. The minimum Gasteiger partial charge on any atom is -0.381 e. The van der Waals surface area contributed by atoms with Gasteiger partial charge in [-0.05, 0) is 51.2 Å². The van der Waals surface area contributed by atoms with Crippen molar-refractivity contribution in [3.63, 3.8) is 0 Å². The molecule has 5 nitrogen and oxygen atoms in total. The largest absolute Gasteiger partial charge is 0.381 e. The van der Waals surface area contributed by atoms with Crippen LogP contribution in [0.5, 0.6) is 0 Å². The zero-order valence-corrected chi connectivity index (χ0v) is 13.1. The number of nitrogens with one attached hydrogen (secondary N) is 1. The first kappa shape index (κ1) is 15.8. The van der Waals surface area contributed by atoms with Crippen LogP contribution in [0.2, 0.25) is 0 Å². The molecule has 0 unspecified atom stereocenters. The molecule has 5 heteroatoms. The summed E-state index contributed by atoms with van der Waals surface area (Å²) < 4.78 is 6.94. The lowest BCUT2D eigenvalue weighted by atomic mass is 10.00. The molecule has 1 aromatic heterocycles. The number of aromatic nitrogens is 1. The molecule has 1 aliphatic rings. The summed E-state index contributed by atoms with van der Waals surface area (Å²) in [6, 6.07) is 1.90. The van der Waals surface area contributed by atoms with Crippen LogP contribution in [0.25, 0.3) is 0 Å². The third-order valence-corrected chi connectivity index (χ3v) is 4.14. The molecule has 2 heterocycles. The maximum absolute atomic E-state index is 12.4. The third kappa shape index (κ3) is 3.53. The topological polar surface area (TPSA) is 60.3 Å². The van der Waals surface area contributed by atoms with Gasteiger partial charge in [-0.15, -0.1) is 0 Å². The molecule has 1 N–H and O–H groups in total. The molecule has 0 saturated carbocycles. The summed E-state index contributed by atoms with van der Waals surface area (Å²) in [4.78, 5) is 24.8. The Morgan fingerprint density at radius 3 is 2.67 bits per heavy atom. The van der Waals surface area contributed by atoms with Crippen molar-refractivity contribution in [1.82, 2.24) is 9.88 Å². The molecule has 0 aliphatic carbocycles. The molecular weight excluding hydrogens is 268 g/mol. The molecule has 0 aromatic carbocycles. The van der Waals surface area contributed by atoms with Crippen LogP contribution in [-0.2, 0) is 11.3 Å². The Morgan fingerprint density at radius 1 is 1.38 bits per heavy atom. The summed E-state index contributed by atoms with van der Waals surface area (Å²) in [5.74, 6) is 0.188. The van der Waals surface area contributed by atoms with Crippen molar-refractivity contribution in [2.75, 3.05) is 19.8 Å². The van der Waals surface area contributed by atoms with E-state index in [4.69, 9.17) is 4.74 Å². The highest BCUT2D eigenvalue weighted by molar-refractivity contribution is 5.95. The SMILES string of the molecule is CCn1c(C)cc(C)c(C(=O)NCC2CCOCC2)c1=O. The monoisotopic (exact) mass is 292 g/mol. The zero-order chi connectivity index (χ0) is 15.4.